The van der Waals surface area contributed by atoms with Crippen LogP contribution in [-0.4, -0.2) is 46.2 Å². The van der Waals surface area contributed by atoms with Gasteiger partial charge in [-0.15, -0.1) is 0 Å². The van der Waals surface area contributed by atoms with Gasteiger partial charge in [0.25, 0.3) is 0 Å². The SMILES string of the molecule is CC(C)CC(=O)OC(C1CCC2C(CC3C4CCC5C(C)(C)C(O)CCC56CC46CCC23C)O1)C(C)(C)O. The number of aliphatic hydroxyl groups is 2. The molecule has 11 atom stereocenters. The number of esters is 1. The molecule has 5 heteroatoms. The maximum Gasteiger partial charge on any atom is 0.306 e. The Kier molecular flexibility index (Phi) is 6.28. The van der Waals surface area contributed by atoms with Gasteiger partial charge in [0.1, 0.15) is 0 Å². The molecule has 5 saturated carbocycles. The molecule has 11 unspecified atom stereocenters. The van der Waals surface area contributed by atoms with Gasteiger partial charge in [-0.1, -0.05) is 34.6 Å². The molecular formula is C33H54O5. The van der Waals surface area contributed by atoms with Gasteiger partial charge >= 0.3 is 5.97 Å². The highest BCUT2D eigenvalue weighted by atomic mass is 16.6. The largest absolute Gasteiger partial charge is 0.457 e. The maximum atomic E-state index is 12.6. The van der Waals surface area contributed by atoms with Gasteiger partial charge in [0.05, 0.1) is 23.9 Å². The molecule has 0 bridgehead atoms. The molecule has 0 amide bonds. The van der Waals surface area contributed by atoms with E-state index in [1.54, 1.807) is 13.8 Å². The molecule has 1 heterocycles. The minimum Gasteiger partial charge on any atom is -0.457 e. The van der Waals surface area contributed by atoms with Crippen LogP contribution in [0.25, 0.3) is 0 Å². The Labute approximate surface area is 230 Å². The lowest BCUT2D eigenvalue weighted by molar-refractivity contribution is -0.202. The minimum atomic E-state index is -1.14. The third-order valence-corrected chi connectivity index (χ3v) is 13.5. The van der Waals surface area contributed by atoms with Gasteiger partial charge in [-0.25, -0.2) is 0 Å². The molecule has 5 aliphatic carbocycles. The summed E-state index contributed by atoms with van der Waals surface area (Å²) in [5.41, 5.74) is 0.178. The Morgan fingerprint density at radius 2 is 1.68 bits per heavy atom. The predicted molar refractivity (Wildman–Crippen MR) is 147 cm³/mol. The zero-order chi connectivity index (χ0) is 27.5. The van der Waals surface area contributed by atoms with Crippen LogP contribution in [0.1, 0.15) is 119 Å². The van der Waals surface area contributed by atoms with Crippen molar-refractivity contribution in [2.24, 2.45) is 51.2 Å². The van der Waals surface area contributed by atoms with Gasteiger partial charge in [-0.2, -0.15) is 0 Å². The van der Waals surface area contributed by atoms with E-state index in [0.717, 1.165) is 31.6 Å². The van der Waals surface area contributed by atoms with Crippen molar-refractivity contribution in [1.82, 2.24) is 0 Å². The molecule has 5 nitrogen and oxygen atoms in total. The van der Waals surface area contributed by atoms with Crippen molar-refractivity contribution in [1.29, 1.82) is 0 Å². The average molecular weight is 531 g/mol. The highest BCUT2D eigenvalue weighted by Crippen LogP contribution is 2.87. The van der Waals surface area contributed by atoms with Gasteiger partial charge in [-0.3, -0.25) is 4.79 Å². The van der Waals surface area contributed by atoms with E-state index >= 15 is 0 Å². The van der Waals surface area contributed by atoms with E-state index < -0.39 is 11.7 Å². The molecule has 1 saturated heterocycles. The molecule has 216 valence electrons. The molecule has 0 aromatic rings. The first-order valence-electron chi connectivity index (χ1n) is 15.9. The molecule has 0 radical (unpaired) electrons. The van der Waals surface area contributed by atoms with E-state index in [4.69, 9.17) is 9.47 Å². The van der Waals surface area contributed by atoms with Crippen molar-refractivity contribution in [2.75, 3.05) is 0 Å². The van der Waals surface area contributed by atoms with E-state index in [0.29, 0.717) is 40.4 Å². The molecule has 0 aromatic carbocycles. The smallest absolute Gasteiger partial charge is 0.306 e. The third kappa shape index (κ3) is 3.76. The second-order valence-corrected chi connectivity index (χ2v) is 16.5. The van der Waals surface area contributed by atoms with Crippen molar-refractivity contribution < 1.29 is 24.5 Å². The zero-order valence-corrected chi connectivity index (χ0v) is 25.1. The summed E-state index contributed by atoms with van der Waals surface area (Å²) in [7, 11) is 0. The molecule has 1 aliphatic heterocycles. The van der Waals surface area contributed by atoms with E-state index in [1.807, 2.05) is 13.8 Å². The molecule has 0 aromatic heterocycles. The number of fused-ring (bicyclic) bond motifs is 4. The van der Waals surface area contributed by atoms with Crippen LogP contribution in [0, 0.1) is 51.2 Å². The molecule has 6 rings (SSSR count). The standard InChI is InChI=1S/C33H54O5/c1-19(2)16-27(35)38-28(30(5,6)36)23-10-8-21-24(37-23)17-22-20-9-11-25-29(3,4)26(34)12-13-33(25)18-32(20,33)15-14-31(21,22)7/h19-26,28,34,36H,8-18H2,1-7H3. The van der Waals surface area contributed by atoms with Crippen molar-refractivity contribution in [3.8, 4) is 0 Å². The highest BCUT2D eigenvalue weighted by molar-refractivity contribution is 5.70. The lowest BCUT2D eigenvalue weighted by Gasteiger charge is -2.59. The molecular weight excluding hydrogens is 476 g/mol. The number of aliphatic hydroxyl groups excluding tert-OH is 1. The topological polar surface area (TPSA) is 76.0 Å². The van der Waals surface area contributed by atoms with Crippen LogP contribution >= 0.6 is 0 Å². The van der Waals surface area contributed by atoms with Gasteiger partial charge in [0.2, 0.25) is 0 Å². The number of ether oxygens (including phenoxy) is 2. The summed E-state index contributed by atoms with van der Waals surface area (Å²) in [4.78, 5) is 12.6. The van der Waals surface area contributed by atoms with E-state index in [1.165, 1.54) is 38.5 Å². The average Bonchev–Trinajstić information content (AvgIpc) is 3.39. The number of carbonyl (C=O) groups excluding carboxylic acids is 1. The Morgan fingerprint density at radius 1 is 0.974 bits per heavy atom. The minimum absolute atomic E-state index is 0.0343. The fraction of sp³-hybridized carbons (Fsp3) is 0.970. The summed E-state index contributed by atoms with van der Waals surface area (Å²) in [6.07, 6.45) is 11.4. The number of hydrogen-bond acceptors (Lipinski definition) is 5. The highest BCUT2D eigenvalue weighted by Gasteiger charge is 2.80. The summed E-state index contributed by atoms with van der Waals surface area (Å²) >= 11 is 0. The zero-order valence-electron chi connectivity index (χ0n) is 25.1. The van der Waals surface area contributed by atoms with Gasteiger partial charge in [0, 0.05) is 6.42 Å². The Bertz CT molecular complexity index is 952. The normalized spacial score (nSPS) is 49.7. The molecule has 38 heavy (non-hydrogen) atoms. The van der Waals surface area contributed by atoms with Crippen molar-refractivity contribution in [3.05, 3.63) is 0 Å². The number of rotatable bonds is 5. The quantitative estimate of drug-likeness (QED) is 0.409. The Balaban J connectivity index is 1.21. The van der Waals surface area contributed by atoms with Crippen molar-refractivity contribution in [3.63, 3.8) is 0 Å². The summed E-state index contributed by atoms with van der Waals surface area (Å²) in [6, 6.07) is 0. The van der Waals surface area contributed by atoms with Crippen LogP contribution in [0.4, 0.5) is 0 Å². The fourth-order valence-electron chi connectivity index (χ4n) is 11.7. The first-order valence-corrected chi connectivity index (χ1v) is 15.9. The predicted octanol–water partition coefficient (Wildman–Crippen LogP) is 6.28. The number of carbonyl (C=O) groups is 1. The van der Waals surface area contributed by atoms with Crippen LogP contribution in [0.5, 0.6) is 0 Å². The van der Waals surface area contributed by atoms with E-state index in [2.05, 4.69) is 20.8 Å². The maximum absolute atomic E-state index is 12.6. The number of hydrogen-bond donors (Lipinski definition) is 2. The molecule has 6 fully saturated rings. The Morgan fingerprint density at radius 3 is 2.37 bits per heavy atom. The summed E-state index contributed by atoms with van der Waals surface area (Å²) in [5.74, 6) is 2.70. The van der Waals surface area contributed by atoms with Crippen molar-refractivity contribution in [2.45, 2.75) is 149 Å². The monoisotopic (exact) mass is 530 g/mol. The fourth-order valence-corrected chi connectivity index (χ4v) is 11.7. The lowest BCUT2D eigenvalue weighted by Crippen LogP contribution is -2.54. The first kappa shape index (κ1) is 27.5. The lowest BCUT2D eigenvalue weighted by atomic mass is 9.46. The molecule has 2 spiro atoms. The van der Waals surface area contributed by atoms with E-state index in [9.17, 15) is 15.0 Å². The molecule has 2 N–H and O–H groups in total. The molecule has 6 aliphatic rings. The second-order valence-electron chi connectivity index (χ2n) is 16.5. The van der Waals surface area contributed by atoms with Crippen LogP contribution in [0.3, 0.4) is 0 Å². The van der Waals surface area contributed by atoms with Crippen molar-refractivity contribution >= 4 is 5.97 Å². The summed E-state index contributed by atoms with van der Waals surface area (Å²) < 4.78 is 12.8. The van der Waals surface area contributed by atoms with Crippen LogP contribution in [0.15, 0.2) is 0 Å². The summed E-state index contributed by atoms with van der Waals surface area (Å²) in [5, 5.41) is 21.9. The van der Waals surface area contributed by atoms with E-state index in [-0.39, 0.29) is 35.6 Å². The summed E-state index contributed by atoms with van der Waals surface area (Å²) in [6.45, 7) is 14.8. The van der Waals surface area contributed by atoms with Crippen LogP contribution in [-0.2, 0) is 14.3 Å². The Hall–Kier alpha value is -0.650. The van der Waals surface area contributed by atoms with Crippen LogP contribution < -0.4 is 0 Å². The van der Waals surface area contributed by atoms with Gasteiger partial charge in [0.15, 0.2) is 6.10 Å². The van der Waals surface area contributed by atoms with Crippen LogP contribution in [0.2, 0.25) is 0 Å². The second kappa shape index (κ2) is 8.68. The third-order valence-electron chi connectivity index (χ3n) is 13.5. The van der Waals surface area contributed by atoms with Gasteiger partial charge in [-0.05, 0) is 129 Å². The van der Waals surface area contributed by atoms with Gasteiger partial charge < -0.3 is 19.7 Å². The first-order chi connectivity index (χ1) is 17.7.